The first-order valence-corrected chi connectivity index (χ1v) is 8.74. The average molecular weight is 369 g/mol. The fourth-order valence-corrected chi connectivity index (χ4v) is 3.92. The molecular weight excluding hydrogens is 358 g/mol. The molecule has 3 aromatic rings. The van der Waals surface area contributed by atoms with Crippen LogP contribution in [0.1, 0.15) is 4.88 Å². The van der Waals surface area contributed by atoms with Gasteiger partial charge in [-0.15, -0.1) is 6.42 Å². The first-order valence-electron chi connectivity index (χ1n) is 7.11. The van der Waals surface area contributed by atoms with Gasteiger partial charge in [0.15, 0.2) is 4.80 Å². The van der Waals surface area contributed by atoms with E-state index in [1.807, 2.05) is 28.8 Å². The molecule has 1 amide bonds. The number of aromatic nitrogens is 1. The molecule has 0 aliphatic carbocycles. The second-order valence-corrected chi connectivity index (χ2v) is 6.96. The van der Waals surface area contributed by atoms with Gasteiger partial charge in [0.25, 0.3) is 5.91 Å². The fourth-order valence-electron chi connectivity index (χ4n) is 2.17. The minimum Gasteiger partial charge on any atom is -0.305 e. The molecule has 0 aliphatic rings. The topological polar surface area (TPSA) is 77.5 Å². The Hall–Kier alpha value is -3.02. The van der Waals surface area contributed by atoms with E-state index < -0.39 is 10.8 Å². The van der Waals surface area contributed by atoms with Crippen LogP contribution < -0.4 is 4.80 Å². The quantitative estimate of drug-likeness (QED) is 0.306. The predicted molar refractivity (Wildman–Crippen MR) is 99.2 cm³/mol. The van der Waals surface area contributed by atoms with E-state index in [2.05, 4.69) is 10.9 Å². The number of terminal acetylenes is 1. The number of thiazole rings is 1. The molecule has 124 valence electrons. The van der Waals surface area contributed by atoms with Crippen LogP contribution in [0, 0.1) is 22.5 Å². The second kappa shape index (κ2) is 7.25. The average Bonchev–Trinajstić information content (AvgIpc) is 3.19. The number of carbonyl (C=O) groups excluding carboxylic acids is 1. The Morgan fingerprint density at radius 3 is 2.84 bits per heavy atom. The summed E-state index contributed by atoms with van der Waals surface area (Å²) in [7, 11) is 0. The molecule has 25 heavy (non-hydrogen) atoms. The number of hydrogen-bond donors (Lipinski definition) is 0. The summed E-state index contributed by atoms with van der Waals surface area (Å²) in [5.74, 6) is 2.11. The number of hydrogen-bond acceptors (Lipinski definition) is 5. The van der Waals surface area contributed by atoms with E-state index in [1.54, 1.807) is 6.07 Å². The van der Waals surface area contributed by atoms with Crippen LogP contribution in [-0.2, 0) is 11.3 Å². The van der Waals surface area contributed by atoms with Gasteiger partial charge < -0.3 is 4.57 Å². The van der Waals surface area contributed by atoms with Crippen molar-refractivity contribution in [1.82, 2.24) is 4.57 Å². The number of amides is 1. The summed E-state index contributed by atoms with van der Waals surface area (Å²) in [6, 6.07) is 10.7. The van der Waals surface area contributed by atoms with Crippen LogP contribution in [0.15, 0.2) is 47.5 Å². The Labute approximate surface area is 150 Å². The predicted octanol–water partition coefficient (Wildman–Crippen LogP) is 3.45. The monoisotopic (exact) mass is 369 g/mol. The molecule has 2 heterocycles. The second-order valence-electron chi connectivity index (χ2n) is 4.86. The third-order valence-electron chi connectivity index (χ3n) is 3.23. The molecule has 1 aromatic carbocycles. The lowest BCUT2D eigenvalue weighted by Gasteiger charge is -1.98. The van der Waals surface area contributed by atoms with Crippen molar-refractivity contribution in [3.63, 3.8) is 0 Å². The van der Waals surface area contributed by atoms with Crippen molar-refractivity contribution >= 4 is 49.9 Å². The standard InChI is InChI=1S/C17H11N3O3S2/c1-2-11-19-13-5-3-4-6-14(13)25-17(19)18-15(21)9-7-12-8-10-16(24-12)20(22)23/h1,3-10H,11H2. The van der Waals surface area contributed by atoms with E-state index >= 15 is 0 Å². The van der Waals surface area contributed by atoms with Gasteiger partial charge in [0, 0.05) is 17.0 Å². The van der Waals surface area contributed by atoms with Crippen LogP contribution >= 0.6 is 22.7 Å². The van der Waals surface area contributed by atoms with Gasteiger partial charge in [-0.25, -0.2) is 0 Å². The molecule has 0 bridgehead atoms. The number of carbonyl (C=O) groups is 1. The first-order chi connectivity index (χ1) is 12.1. The molecule has 0 saturated heterocycles. The molecule has 0 fully saturated rings. The highest BCUT2D eigenvalue weighted by Crippen LogP contribution is 2.24. The Balaban J connectivity index is 1.91. The zero-order valence-electron chi connectivity index (χ0n) is 12.8. The van der Waals surface area contributed by atoms with Crippen molar-refractivity contribution in [1.29, 1.82) is 0 Å². The molecule has 3 rings (SSSR count). The number of nitrogens with zero attached hydrogens (tertiary/aromatic N) is 3. The van der Waals surface area contributed by atoms with Crippen LogP contribution in [0.5, 0.6) is 0 Å². The lowest BCUT2D eigenvalue weighted by molar-refractivity contribution is -0.380. The zero-order chi connectivity index (χ0) is 17.8. The van der Waals surface area contributed by atoms with E-state index in [9.17, 15) is 14.9 Å². The maximum Gasteiger partial charge on any atom is 0.324 e. The molecular formula is C17H11N3O3S2. The molecule has 0 unspecified atom stereocenters. The van der Waals surface area contributed by atoms with Gasteiger partial charge in [-0.3, -0.25) is 14.9 Å². The minimum absolute atomic E-state index is 0.0282. The van der Waals surface area contributed by atoms with Gasteiger partial charge in [-0.2, -0.15) is 4.99 Å². The van der Waals surface area contributed by atoms with Crippen molar-refractivity contribution in [2.75, 3.05) is 0 Å². The van der Waals surface area contributed by atoms with Gasteiger partial charge >= 0.3 is 5.00 Å². The molecule has 0 aliphatic heterocycles. The fraction of sp³-hybridized carbons (Fsp3) is 0.0588. The van der Waals surface area contributed by atoms with Crippen molar-refractivity contribution in [3.8, 4) is 12.3 Å². The molecule has 8 heteroatoms. The number of benzene rings is 1. The number of para-hydroxylation sites is 1. The van der Waals surface area contributed by atoms with Crippen LogP contribution in [0.3, 0.4) is 0 Å². The normalized spacial score (nSPS) is 11.9. The Bertz CT molecular complexity index is 1100. The summed E-state index contributed by atoms with van der Waals surface area (Å²) in [4.78, 5) is 27.6. The van der Waals surface area contributed by atoms with Gasteiger partial charge in [0.1, 0.15) is 0 Å². The molecule has 0 spiro atoms. The third kappa shape index (κ3) is 3.74. The molecule has 0 saturated carbocycles. The summed E-state index contributed by atoms with van der Waals surface area (Å²) in [6.07, 6.45) is 8.22. The van der Waals surface area contributed by atoms with E-state index in [0.717, 1.165) is 21.6 Å². The Morgan fingerprint density at radius 1 is 1.32 bits per heavy atom. The Morgan fingerprint density at radius 2 is 2.12 bits per heavy atom. The van der Waals surface area contributed by atoms with Crippen molar-refractivity contribution in [2.45, 2.75) is 6.54 Å². The molecule has 0 N–H and O–H groups in total. The van der Waals surface area contributed by atoms with Gasteiger partial charge in [-0.1, -0.05) is 40.7 Å². The van der Waals surface area contributed by atoms with Crippen molar-refractivity contribution in [3.05, 3.63) is 62.3 Å². The number of nitro groups is 1. The number of rotatable bonds is 4. The summed E-state index contributed by atoms with van der Waals surface area (Å²) >= 11 is 2.38. The summed E-state index contributed by atoms with van der Waals surface area (Å²) in [6.45, 7) is 0.316. The van der Waals surface area contributed by atoms with E-state index in [0.29, 0.717) is 16.2 Å². The summed E-state index contributed by atoms with van der Waals surface area (Å²) in [5, 5.41) is 10.7. The zero-order valence-corrected chi connectivity index (χ0v) is 14.4. The first kappa shape index (κ1) is 16.8. The highest BCUT2D eigenvalue weighted by Gasteiger charge is 2.08. The maximum atomic E-state index is 12.1. The smallest absolute Gasteiger partial charge is 0.305 e. The molecule has 6 nitrogen and oxygen atoms in total. The SMILES string of the molecule is C#CCn1c(=NC(=O)C=Cc2ccc([N+](=O)[O-])s2)sc2ccccc21. The third-order valence-corrected chi connectivity index (χ3v) is 5.29. The van der Waals surface area contributed by atoms with Gasteiger partial charge in [0.05, 0.1) is 21.7 Å². The lowest BCUT2D eigenvalue weighted by atomic mass is 10.3. The summed E-state index contributed by atoms with van der Waals surface area (Å²) in [5.41, 5.74) is 0.926. The van der Waals surface area contributed by atoms with Crippen LogP contribution in [0.4, 0.5) is 5.00 Å². The van der Waals surface area contributed by atoms with E-state index in [4.69, 9.17) is 6.42 Å². The number of fused-ring (bicyclic) bond motifs is 1. The van der Waals surface area contributed by atoms with Crippen molar-refractivity contribution < 1.29 is 9.72 Å². The molecule has 2 aromatic heterocycles. The molecule has 0 atom stereocenters. The van der Waals surface area contributed by atoms with Crippen LogP contribution in [0.25, 0.3) is 16.3 Å². The largest absolute Gasteiger partial charge is 0.324 e. The lowest BCUT2D eigenvalue weighted by Crippen LogP contribution is -2.15. The number of thiophene rings is 1. The Kier molecular flexibility index (Phi) is 4.88. The highest BCUT2D eigenvalue weighted by molar-refractivity contribution is 7.16. The molecule has 0 radical (unpaired) electrons. The van der Waals surface area contributed by atoms with Gasteiger partial charge in [-0.05, 0) is 24.3 Å². The van der Waals surface area contributed by atoms with E-state index in [1.165, 1.54) is 29.6 Å². The minimum atomic E-state index is -0.464. The maximum absolute atomic E-state index is 12.1. The van der Waals surface area contributed by atoms with E-state index in [-0.39, 0.29) is 5.00 Å². The van der Waals surface area contributed by atoms with Gasteiger partial charge in [0.2, 0.25) is 0 Å². The van der Waals surface area contributed by atoms with Crippen LogP contribution in [-0.4, -0.2) is 15.4 Å². The summed E-state index contributed by atoms with van der Waals surface area (Å²) < 4.78 is 2.80. The van der Waals surface area contributed by atoms with Crippen LogP contribution in [0.2, 0.25) is 0 Å². The highest BCUT2D eigenvalue weighted by atomic mass is 32.1. The van der Waals surface area contributed by atoms with Crippen molar-refractivity contribution in [2.24, 2.45) is 4.99 Å².